The van der Waals surface area contributed by atoms with Crippen molar-refractivity contribution in [2.24, 2.45) is 0 Å². The van der Waals surface area contributed by atoms with Gasteiger partial charge in [-0.15, -0.1) is 0 Å². The fraction of sp³-hybridized carbons (Fsp3) is 0.778. The minimum Gasteiger partial charge on any atom is -0.438 e. The molecule has 1 heterocycles. The van der Waals surface area contributed by atoms with Crippen molar-refractivity contribution in [2.75, 3.05) is 20.8 Å². The monoisotopic (exact) mass is 233 g/mol. The van der Waals surface area contributed by atoms with Crippen molar-refractivity contribution in [3.63, 3.8) is 0 Å². The molecular formula is C9H15NO6. The largest absolute Gasteiger partial charge is 0.509 e. The molecule has 2 atom stereocenters. The number of ether oxygens (including phenoxy) is 4. The van der Waals surface area contributed by atoms with E-state index in [1.54, 1.807) is 0 Å². The Labute approximate surface area is 93.0 Å². The highest BCUT2D eigenvalue weighted by atomic mass is 16.8. The molecule has 7 nitrogen and oxygen atoms in total. The minimum atomic E-state index is -0.821. The van der Waals surface area contributed by atoms with E-state index < -0.39 is 24.6 Å². The van der Waals surface area contributed by atoms with Gasteiger partial charge in [0.05, 0.1) is 14.2 Å². The van der Waals surface area contributed by atoms with E-state index in [0.29, 0.717) is 13.0 Å². The Kier molecular flexibility index (Phi) is 4.84. The molecule has 0 aromatic rings. The van der Waals surface area contributed by atoms with E-state index in [2.05, 4.69) is 14.8 Å². The van der Waals surface area contributed by atoms with E-state index >= 15 is 0 Å². The smallest absolute Gasteiger partial charge is 0.438 e. The summed E-state index contributed by atoms with van der Waals surface area (Å²) in [4.78, 5) is 21.9. The second-order valence-electron chi connectivity index (χ2n) is 3.20. The zero-order chi connectivity index (χ0) is 12.0. The standard InChI is InChI=1S/C9H15NO6/c1-13-8(11)15-6-4-3-5-10-7(6)16-9(12)14-2/h6-7,10H,3-5H2,1-2H3/t6-,7-/m1/s1. The summed E-state index contributed by atoms with van der Waals surface area (Å²) < 4.78 is 18.6. The Hall–Kier alpha value is -1.50. The highest BCUT2D eigenvalue weighted by Crippen LogP contribution is 2.15. The molecule has 1 rings (SSSR count). The second kappa shape index (κ2) is 6.16. The van der Waals surface area contributed by atoms with Crippen molar-refractivity contribution >= 4 is 12.3 Å². The lowest BCUT2D eigenvalue weighted by Gasteiger charge is -2.30. The first-order valence-corrected chi connectivity index (χ1v) is 4.90. The van der Waals surface area contributed by atoms with Crippen LogP contribution in [-0.4, -0.2) is 45.4 Å². The van der Waals surface area contributed by atoms with Crippen LogP contribution in [0.25, 0.3) is 0 Å². The molecule has 1 N–H and O–H groups in total. The third-order valence-corrected chi connectivity index (χ3v) is 2.15. The molecule has 0 radical (unpaired) electrons. The lowest BCUT2D eigenvalue weighted by molar-refractivity contribution is -0.0738. The molecule has 0 bridgehead atoms. The molecule has 0 amide bonds. The molecule has 0 unspecified atom stereocenters. The van der Waals surface area contributed by atoms with Crippen molar-refractivity contribution < 1.29 is 28.5 Å². The lowest BCUT2D eigenvalue weighted by atomic mass is 10.1. The summed E-state index contributed by atoms with van der Waals surface area (Å²) >= 11 is 0. The molecule has 1 aliphatic heterocycles. The maximum Gasteiger partial charge on any atom is 0.509 e. The number of carbonyl (C=O) groups excluding carboxylic acids is 2. The van der Waals surface area contributed by atoms with Gasteiger partial charge < -0.3 is 18.9 Å². The SMILES string of the molecule is COC(=O)O[C@H]1NCCC[C@H]1OC(=O)OC. The zero-order valence-corrected chi connectivity index (χ0v) is 9.23. The first-order chi connectivity index (χ1) is 7.67. The number of hydrogen-bond acceptors (Lipinski definition) is 7. The lowest BCUT2D eigenvalue weighted by Crippen LogP contribution is -2.49. The topological polar surface area (TPSA) is 83.1 Å². The van der Waals surface area contributed by atoms with Gasteiger partial charge in [0.15, 0.2) is 12.3 Å². The highest BCUT2D eigenvalue weighted by molar-refractivity contribution is 5.61. The number of carbonyl (C=O) groups is 2. The number of methoxy groups -OCH3 is 2. The molecule has 1 fully saturated rings. The molecule has 0 aliphatic carbocycles. The van der Waals surface area contributed by atoms with Crippen LogP contribution in [-0.2, 0) is 18.9 Å². The van der Waals surface area contributed by atoms with Gasteiger partial charge in [0, 0.05) is 0 Å². The van der Waals surface area contributed by atoms with Gasteiger partial charge in [0.2, 0.25) is 0 Å². The average Bonchev–Trinajstić information content (AvgIpc) is 2.31. The molecular weight excluding hydrogens is 218 g/mol. The van der Waals surface area contributed by atoms with Crippen LogP contribution in [0.2, 0.25) is 0 Å². The summed E-state index contributed by atoms with van der Waals surface area (Å²) in [6, 6.07) is 0. The van der Waals surface area contributed by atoms with E-state index in [4.69, 9.17) is 9.47 Å². The number of hydrogen-bond donors (Lipinski definition) is 1. The predicted molar refractivity (Wildman–Crippen MR) is 51.8 cm³/mol. The van der Waals surface area contributed by atoms with Gasteiger partial charge in [0.25, 0.3) is 0 Å². The van der Waals surface area contributed by atoms with Crippen LogP contribution in [0, 0.1) is 0 Å². The quantitative estimate of drug-likeness (QED) is 0.700. The van der Waals surface area contributed by atoms with Crippen molar-refractivity contribution in [1.29, 1.82) is 0 Å². The summed E-state index contributed by atoms with van der Waals surface area (Å²) in [5.74, 6) is 0. The predicted octanol–water partition coefficient (Wildman–Crippen LogP) is 0.631. The number of nitrogens with one attached hydrogen (secondary N) is 1. The van der Waals surface area contributed by atoms with Crippen LogP contribution in [0.1, 0.15) is 12.8 Å². The molecule has 0 saturated carbocycles. The third kappa shape index (κ3) is 3.58. The fourth-order valence-corrected chi connectivity index (χ4v) is 1.39. The molecule has 1 saturated heterocycles. The summed E-state index contributed by atoms with van der Waals surface area (Å²) in [5.41, 5.74) is 0. The van der Waals surface area contributed by atoms with Gasteiger partial charge >= 0.3 is 12.3 Å². The Morgan fingerprint density at radius 1 is 1.12 bits per heavy atom. The van der Waals surface area contributed by atoms with E-state index in [-0.39, 0.29) is 0 Å². The molecule has 0 aromatic carbocycles. The maximum absolute atomic E-state index is 10.9. The van der Waals surface area contributed by atoms with Gasteiger partial charge in [-0.3, -0.25) is 5.32 Å². The zero-order valence-electron chi connectivity index (χ0n) is 9.23. The number of rotatable bonds is 2. The fourth-order valence-electron chi connectivity index (χ4n) is 1.39. The minimum absolute atomic E-state index is 0.555. The van der Waals surface area contributed by atoms with Crippen LogP contribution in [0.5, 0.6) is 0 Å². The van der Waals surface area contributed by atoms with Crippen molar-refractivity contribution in [1.82, 2.24) is 5.32 Å². The Balaban J connectivity index is 2.49. The van der Waals surface area contributed by atoms with Gasteiger partial charge in [-0.05, 0) is 19.4 Å². The molecule has 0 aromatic heterocycles. The van der Waals surface area contributed by atoms with E-state index in [1.165, 1.54) is 14.2 Å². The van der Waals surface area contributed by atoms with Crippen LogP contribution >= 0.6 is 0 Å². The Morgan fingerprint density at radius 3 is 2.38 bits per heavy atom. The first kappa shape index (κ1) is 12.6. The van der Waals surface area contributed by atoms with Crippen LogP contribution < -0.4 is 5.32 Å². The third-order valence-electron chi connectivity index (χ3n) is 2.15. The van der Waals surface area contributed by atoms with Gasteiger partial charge in [-0.1, -0.05) is 0 Å². The second-order valence-corrected chi connectivity index (χ2v) is 3.20. The summed E-state index contributed by atoms with van der Waals surface area (Å²) in [7, 11) is 2.43. The van der Waals surface area contributed by atoms with Crippen molar-refractivity contribution in [2.45, 2.75) is 25.2 Å². The Morgan fingerprint density at radius 2 is 1.75 bits per heavy atom. The normalized spacial score (nSPS) is 24.4. The summed E-state index contributed by atoms with van der Waals surface area (Å²) in [5, 5.41) is 2.91. The van der Waals surface area contributed by atoms with Gasteiger partial charge in [-0.25, -0.2) is 9.59 Å². The van der Waals surface area contributed by atoms with Crippen LogP contribution in [0.15, 0.2) is 0 Å². The number of piperidine rings is 1. The van der Waals surface area contributed by atoms with E-state index in [0.717, 1.165) is 6.42 Å². The van der Waals surface area contributed by atoms with E-state index in [9.17, 15) is 9.59 Å². The molecule has 1 aliphatic rings. The van der Waals surface area contributed by atoms with Gasteiger partial charge in [-0.2, -0.15) is 0 Å². The molecule has 92 valence electrons. The summed E-state index contributed by atoms with van der Waals surface area (Å²) in [6.07, 6.45) is -1.45. The van der Waals surface area contributed by atoms with Gasteiger partial charge in [0.1, 0.15) is 0 Å². The van der Waals surface area contributed by atoms with E-state index in [1.807, 2.05) is 0 Å². The Bertz CT molecular complexity index is 230. The highest BCUT2D eigenvalue weighted by Gasteiger charge is 2.31. The van der Waals surface area contributed by atoms with Crippen LogP contribution in [0.3, 0.4) is 0 Å². The first-order valence-electron chi connectivity index (χ1n) is 4.90. The summed E-state index contributed by atoms with van der Waals surface area (Å²) in [6.45, 7) is 0.683. The average molecular weight is 233 g/mol. The molecule has 16 heavy (non-hydrogen) atoms. The van der Waals surface area contributed by atoms with Crippen LogP contribution in [0.4, 0.5) is 9.59 Å². The molecule has 7 heteroatoms. The van der Waals surface area contributed by atoms with Crippen molar-refractivity contribution in [3.05, 3.63) is 0 Å². The molecule has 0 spiro atoms. The van der Waals surface area contributed by atoms with Crippen molar-refractivity contribution in [3.8, 4) is 0 Å². The maximum atomic E-state index is 10.9.